The van der Waals surface area contributed by atoms with Crippen LogP contribution in [0.5, 0.6) is 11.5 Å². The molecule has 0 saturated carbocycles. The molecule has 0 spiro atoms. The minimum absolute atomic E-state index is 0.00208. The first-order chi connectivity index (χ1) is 16.0. The molecule has 0 aliphatic carbocycles. The summed E-state index contributed by atoms with van der Waals surface area (Å²) < 4.78 is 10.9. The maximum Gasteiger partial charge on any atom is 0.414 e. The van der Waals surface area contributed by atoms with Crippen molar-refractivity contribution in [3.63, 3.8) is 0 Å². The van der Waals surface area contributed by atoms with E-state index < -0.39 is 5.60 Å². The smallest absolute Gasteiger partial charge is 0.414 e. The highest BCUT2D eigenvalue weighted by Crippen LogP contribution is 2.22. The zero-order valence-electron chi connectivity index (χ0n) is 20.2. The fourth-order valence-electron chi connectivity index (χ4n) is 2.61. The molecule has 0 unspecified atom stereocenters. The van der Waals surface area contributed by atoms with E-state index in [1.807, 2.05) is 20.8 Å². The van der Waals surface area contributed by atoms with Gasteiger partial charge in [0.25, 0.3) is 0 Å². The van der Waals surface area contributed by atoms with Crippen LogP contribution >= 0.6 is 0 Å². The predicted molar refractivity (Wildman–Crippen MR) is 135 cm³/mol. The second kappa shape index (κ2) is 11.7. The highest BCUT2D eigenvalue weighted by Gasteiger charge is 2.20. The number of nitrogens with two attached hydrogens (primary N) is 2. The molecule has 0 radical (unpaired) electrons. The Morgan fingerprint density at radius 3 is 2.00 bits per heavy atom. The molecule has 34 heavy (non-hydrogen) atoms. The van der Waals surface area contributed by atoms with Gasteiger partial charge in [-0.1, -0.05) is 6.92 Å². The van der Waals surface area contributed by atoms with Gasteiger partial charge in [-0.3, -0.25) is 14.7 Å². The molecule has 1 heterocycles. The monoisotopic (exact) mass is 464 g/mol. The number of ether oxygens (including phenoxy) is 2. The summed E-state index contributed by atoms with van der Waals surface area (Å²) in [7, 11) is 1.67. The predicted octanol–water partition coefficient (Wildman–Crippen LogP) is 5.69. The van der Waals surface area contributed by atoms with E-state index >= 15 is 0 Å². The Kier molecular flexibility index (Phi) is 9.01. The van der Waals surface area contributed by atoms with Crippen LogP contribution in [-0.4, -0.2) is 29.5 Å². The van der Waals surface area contributed by atoms with Gasteiger partial charge >= 0.3 is 6.09 Å². The molecule has 4 N–H and O–H groups in total. The summed E-state index contributed by atoms with van der Waals surface area (Å²) in [4.78, 5) is 28.7. The van der Waals surface area contributed by atoms with E-state index in [-0.39, 0.29) is 11.9 Å². The fraction of sp³-hybridized carbons (Fsp3) is 0.269. The topological polar surface area (TPSA) is 121 Å². The lowest BCUT2D eigenvalue weighted by Crippen LogP contribution is -2.34. The van der Waals surface area contributed by atoms with Crippen molar-refractivity contribution < 1.29 is 19.1 Å². The normalized spacial score (nSPS) is 10.5. The largest absolute Gasteiger partial charge is 0.457 e. The molecular formula is C26H32N4O4. The van der Waals surface area contributed by atoms with Crippen molar-refractivity contribution in [2.24, 2.45) is 0 Å². The first kappa shape index (κ1) is 26.2. The number of ketones is 1. The third kappa shape index (κ3) is 8.46. The summed E-state index contributed by atoms with van der Waals surface area (Å²) >= 11 is 0. The molecule has 0 bridgehead atoms. The molecule has 8 heteroatoms. The summed E-state index contributed by atoms with van der Waals surface area (Å²) in [5, 5.41) is 0. The summed E-state index contributed by atoms with van der Waals surface area (Å²) in [5.74, 6) is 1.26. The Bertz CT molecular complexity index is 1090. The number of carbonyl (C=O) groups excluding carboxylic acids is 2. The molecule has 1 aromatic heterocycles. The van der Waals surface area contributed by atoms with Gasteiger partial charge in [-0.2, -0.15) is 0 Å². The maximum atomic E-state index is 11.7. The van der Waals surface area contributed by atoms with Crippen LogP contribution in [0, 0.1) is 0 Å². The van der Waals surface area contributed by atoms with Gasteiger partial charge in [-0.05, 0) is 75.4 Å². The van der Waals surface area contributed by atoms with Crippen LogP contribution in [0.15, 0.2) is 66.9 Å². The van der Waals surface area contributed by atoms with E-state index in [4.69, 9.17) is 20.9 Å². The molecule has 0 aliphatic heterocycles. The molecule has 1 amide bonds. The number of anilines is 3. The van der Waals surface area contributed by atoms with E-state index in [0.29, 0.717) is 35.0 Å². The molecule has 2 aromatic carbocycles. The van der Waals surface area contributed by atoms with Crippen LogP contribution in [0.3, 0.4) is 0 Å². The van der Waals surface area contributed by atoms with Crippen molar-refractivity contribution in [3.05, 3.63) is 72.6 Å². The molecule has 0 saturated heterocycles. The standard InChI is InChI=1S/C14H14N2O2.C12H18N2O2/c1-2-14(17)13-9-12(7-8-16-13)18-11-5-3-10(15)4-6-11;1-12(2,3)16-11(15)14(4)10-7-5-9(13)6-8-10/h3-9H,2,15H2,1H3;5-8H,13H2,1-4H3. The number of carbonyl (C=O) groups is 2. The number of nitrogens with zero attached hydrogens (tertiary/aromatic N) is 2. The Labute approximate surface area is 200 Å². The maximum absolute atomic E-state index is 11.7. The quantitative estimate of drug-likeness (QED) is 0.367. The number of hydrogen-bond donors (Lipinski definition) is 2. The Morgan fingerprint density at radius 2 is 1.47 bits per heavy atom. The van der Waals surface area contributed by atoms with Gasteiger partial charge in [-0.15, -0.1) is 0 Å². The third-order valence-corrected chi connectivity index (χ3v) is 4.40. The first-order valence-corrected chi connectivity index (χ1v) is 10.8. The summed E-state index contributed by atoms with van der Waals surface area (Å²) in [5.41, 5.74) is 13.2. The number of pyridine rings is 1. The van der Waals surface area contributed by atoms with Crippen LogP contribution < -0.4 is 21.1 Å². The Balaban J connectivity index is 0.000000242. The van der Waals surface area contributed by atoms with Crippen molar-refractivity contribution in [1.29, 1.82) is 0 Å². The van der Waals surface area contributed by atoms with Crippen molar-refractivity contribution >= 4 is 28.9 Å². The molecule has 3 rings (SSSR count). The third-order valence-electron chi connectivity index (χ3n) is 4.40. The second-order valence-electron chi connectivity index (χ2n) is 8.46. The molecule has 0 atom stereocenters. The minimum Gasteiger partial charge on any atom is -0.457 e. The van der Waals surface area contributed by atoms with Gasteiger partial charge in [0.1, 0.15) is 22.8 Å². The number of benzene rings is 2. The Morgan fingerprint density at radius 1 is 0.912 bits per heavy atom. The first-order valence-electron chi connectivity index (χ1n) is 10.8. The average Bonchev–Trinajstić information content (AvgIpc) is 2.79. The highest BCUT2D eigenvalue weighted by molar-refractivity contribution is 5.94. The van der Waals surface area contributed by atoms with E-state index in [1.54, 1.807) is 80.8 Å². The van der Waals surface area contributed by atoms with Crippen LogP contribution in [0.1, 0.15) is 44.6 Å². The molecular weight excluding hydrogens is 432 g/mol. The van der Waals surface area contributed by atoms with Gasteiger partial charge in [0.2, 0.25) is 0 Å². The summed E-state index contributed by atoms with van der Waals surface area (Å²) in [6.45, 7) is 7.31. The number of amides is 1. The van der Waals surface area contributed by atoms with E-state index in [9.17, 15) is 9.59 Å². The number of hydrogen-bond acceptors (Lipinski definition) is 7. The van der Waals surface area contributed by atoms with Gasteiger partial charge in [0.05, 0.1) is 0 Å². The summed E-state index contributed by atoms with van der Waals surface area (Å²) in [6.07, 6.45) is 1.62. The molecule has 0 aliphatic rings. The minimum atomic E-state index is -0.487. The average molecular weight is 465 g/mol. The van der Waals surface area contributed by atoms with Crippen molar-refractivity contribution in [3.8, 4) is 11.5 Å². The number of rotatable bonds is 5. The van der Waals surface area contributed by atoms with Crippen molar-refractivity contribution in [2.75, 3.05) is 23.4 Å². The van der Waals surface area contributed by atoms with Crippen LogP contribution in [0.2, 0.25) is 0 Å². The van der Waals surface area contributed by atoms with E-state index in [2.05, 4.69) is 4.98 Å². The van der Waals surface area contributed by atoms with Crippen LogP contribution in [0.25, 0.3) is 0 Å². The zero-order valence-corrected chi connectivity index (χ0v) is 20.2. The van der Waals surface area contributed by atoms with Gasteiger partial charge in [-0.25, -0.2) is 4.79 Å². The lowest BCUT2D eigenvalue weighted by Gasteiger charge is -2.24. The molecule has 8 nitrogen and oxygen atoms in total. The zero-order chi connectivity index (χ0) is 25.3. The molecule has 0 fully saturated rings. The molecule has 180 valence electrons. The van der Waals surface area contributed by atoms with Crippen molar-refractivity contribution in [2.45, 2.75) is 39.7 Å². The van der Waals surface area contributed by atoms with Gasteiger partial charge < -0.3 is 20.9 Å². The van der Waals surface area contributed by atoms with Gasteiger partial charge in [0.15, 0.2) is 5.78 Å². The number of Topliss-reactive ketones (excluding diaryl/α,β-unsaturated/α-hetero) is 1. The number of nitrogen functional groups attached to an aromatic ring is 2. The van der Waals surface area contributed by atoms with Crippen LogP contribution in [-0.2, 0) is 4.74 Å². The van der Waals surface area contributed by atoms with E-state index in [0.717, 1.165) is 5.69 Å². The SMILES string of the molecule is CCC(=O)c1cc(Oc2ccc(N)cc2)ccn1.CN(C(=O)OC(C)(C)C)c1ccc(N)cc1. The lowest BCUT2D eigenvalue weighted by atomic mass is 10.2. The van der Waals surface area contributed by atoms with Crippen LogP contribution in [0.4, 0.5) is 21.9 Å². The van der Waals surface area contributed by atoms with Crippen molar-refractivity contribution in [1.82, 2.24) is 4.98 Å². The fourth-order valence-corrected chi connectivity index (χ4v) is 2.61. The Hall–Kier alpha value is -4.07. The highest BCUT2D eigenvalue weighted by atomic mass is 16.6. The van der Waals surface area contributed by atoms with E-state index in [1.165, 1.54) is 4.90 Å². The molecule has 3 aromatic rings. The summed E-state index contributed by atoms with van der Waals surface area (Å²) in [6, 6.07) is 17.5. The second-order valence-corrected chi connectivity index (χ2v) is 8.46. The van der Waals surface area contributed by atoms with Gasteiger partial charge in [0, 0.05) is 42.8 Å². The number of aromatic nitrogens is 1. The lowest BCUT2D eigenvalue weighted by molar-refractivity contribution is 0.0589.